The summed E-state index contributed by atoms with van der Waals surface area (Å²) in [6, 6.07) is 19.9. The number of aliphatic hydroxyl groups is 1. The van der Waals surface area contributed by atoms with Gasteiger partial charge in [-0.25, -0.2) is 4.39 Å². The molecule has 1 saturated heterocycles. The summed E-state index contributed by atoms with van der Waals surface area (Å²) < 4.78 is 18.6. The van der Waals surface area contributed by atoms with Crippen LogP contribution in [0.5, 0.6) is 5.75 Å². The molecule has 3 aromatic carbocycles. The fraction of sp³-hybridized carbons (Fsp3) is 0.0833. The molecule has 1 atom stereocenters. The summed E-state index contributed by atoms with van der Waals surface area (Å²) in [4.78, 5) is 27.2. The van der Waals surface area contributed by atoms with Crippen LogP contribution < -0.4 is 9.64 Å². The van der Waals surface area contributed by atoms with Gasteiger partial charge in [0.2, 0.25) is 0 Å². The molecule has 5 nitrogen and oxygen atoms in total. The van der Waals surface area contributed by atoms with Crippen LogP contribution in [0.1, 0.15) is 17.2 Å². The van der Waals surface area contributed by atoms with Gasteiger partial charge in [0.15, 0.2) is 0 Å². The number of hydrogen-bond donors (Lipinski definition) is 1. The minimum Gasteiger partial charge on any atom is -0.507 e. The van der Waals surface area contributed by atoms with Crippen LogP contribution in [0.15, 0.2) is 84.4 Å². The van der Waals surface area contributed by atoms with E-state index >= 15 is 0 Å². The third-order valence-electron chi connectivity index (χ3n) is 5.03. The summed E-state index contributed by atoms with van der Waals surface area (Å²) in [7, 11) is 1.54. The van der Waals surface area contributed by atoms with Gasteiger partial charge in [0, 0.05) is 11.3 Å². The average molecular weight is 403 g/mol. The number of aliphatic hydroxyl groups excluding tert-OH is 1. The lowest BCUT2D eigenvalue weighted by Gasteiger charge is -2.25. The predicted molar refractivity (Wildman–Crippen MR) is 111 cm³/mol. The maximum absolute atomic E-state index is 13.4. The lowest BCUT2D eigenvalue weighted by Crippen LogP contribution is -2.29. The van der Waals surface area contributed by atoms with Gasteiger partial charge in [-0.1, -0.05) is 42.5 Å². The fourth-order valence-electron chi connectivity index (χ4n) is 3.55. The van der Waals surface area contributed by atoms with E-state index in [1.807, 2.05) is 0 Å². The number of ketones is 1. The van der Waals surface area contributed by atoms with Gasteiger partial charge in [-0.3, -0.25) is 14.5 Å². The summed E-state index contributed by atoms with van der Waals surface area (Å²) >= 11 is 0. The van der Waals surface area contributed by atoms with E-state index in [0.29, 0.717) is 22.6 Å². The molecule has 1 heterocycles. The van der Waals surface area contributed by atoms with Gasteiger partial charge < -0.3 is 9.84 Å². The largest absolute Gasteiger partial charge is 0.507 e. The first-order valence-corrected chi connectivity index (χ1v) is 9.27. The highest BCUT2D eigenvalue weighted by molar-refractivity contribution is 6.51. The SMILES string of the molecule is COc1ccc([C@@H]2/C(=C(\O)c3ccccc3)C(=O)C(=O)N2c2ccc(F)cc2)cc1. The molecule has 0 bridgehead atoms. The number of carbonyl (C=O) groups is 2. The Kier molecular flexibility index (Phi) is 5.06. The van der Waals surface area contributed by atoms with Crippen LogP contribution in [0.25, 0.3) is 5.76 Å². The molecule has 0 saturated carbocycles. The van der Waals surface area contributed by atoms with Crippen molar-refractivity contribution in [3.8, 4) is 5.75 Å². The number of nitrogens with zero attached hydrogens (tertiary/aromatic N) is 1. The number of hydrogen-bond acceptors (Lipinski definition) is 4. The molecule has 1 amide bonds. The van der Waals surface area contributed by atoms with E-state index in [1.54, 1.807) is 54.6 Å². The summed E-state index contributed by atoms with van der Waals surface area (Å²) in [6.45, 7) is 0. The van der Waals surface area contributed by atoms with Crippen LogP contribution in [-0.2, 0) is 9.59 Å². The van der Waals surface area contributed by atoms with Gasteiger partial charge in [0.25, 0.3) is 11.7 Å². The molecule has 0 radical (unpaired) electrons. The summed E-state index contributed by atoms with van der Waals surface area (Å²) in [5, 5.41) is 10.9. The van der Waals surface area contributed by atoms with Crippen molar-refractivity contribution in [3.05, 3.63) is 101 Å². The Morgan fingerprint density at radius 2 is 1.57 bits per heavy atom. The Balaban J connectivity index is 1.92. The van der Waals surface area contributed by atoms with Crippen molar-refractivity contribution in [1.29, 1.82) is 0 Å². The highest BCUT2D eigenvalue weighted by atomic mass is 19.1. The maximum atomic E-state index is 13.4. The smallest absolute Gasteiger partial charge is 0.300 e. The van der Waals surface area contributed by atoms with E-state index in [4.69, 9.17) is 4.74 Å². The van der Waals surface area contributed by atoms with Crippen molar-refractivity contribution < 1.29 is 23.8 Å². The van der Waals surface area contributed by atoms with E-state index in [9.17, 15) is 19.1 Å². The molecule has 0 aliphatic carbocycles. The standard InChI is InChI=1S/C24H18FNO4/c1-30-19-13-7-15(8-14-19)21-20(22(27)16-5-3-2-4-6-16)23(28)24(29)26(21)18-11-9-17(25)10-12-18/h2-14,21,27H,1H3/b22-20+/t21-/m1/s1. The number of ether oxygens (including phenoxy) is 1. The van der Waals surface area contributed by atoms with Gasteiger partial charge >= 0.3 is 0 Å². The first-order chi connectivity index (χ1) is 14.5. The lowest BCUT2D eigenvalue weighted by molar-refractivity contribution is -0.132. The lowest BCUT2D eigenvalue weighted by atomic mass is 9.95. The van der Waals surface area contributed by atoms with Crippen LogP contribution in [0.3, 0.4) is 0 Å². The number of carbonyl (C=O) groups excluding carboxylic acids is 2. The van der Waals surface area contributed by atoms with E-state index in [2.05, 4.69) is 0 Å². The third-order valence-corrected chi connectivity index (χ3v) is 5.03. The Labute approximate surface area is 172 Å². The zero-order valence-electron chi connectivity index (χ0n) is 16.1. The monoisotopic (exact) mass is 403 g/mol. The van der Waals surface area contributed by atoms with Crippen molar-refractivity contribution in [2.75, 3.05) is 12.0 Å². The molecule has 4 rings (SSSR count). The van der Waals surface area contributed by atoms with E-state index < -0.39 is 23.5 Å². The van der Waals surface area contributed by atoms with Crippen molar-refractivity contribution >= 4 is 23.1 Å². The number of halogens is 1. The fourth-order valence-corrected chi connectivity index (χ4v) is 3.55. The molecule has 0 unspecified atom stereocenters. The van der Waals surface area contributed by atoms with Gasteiger partial charge in [-0.05, 0) is 42.0 Å². The van der Waals surface area contributed by atoms with Gasteiger partial charge in [0.1, 0.15) is 17.3 Å². The van der Waals surface area contributed by atoms with Crippen LogP contribution in [-0.4, -0.2) is 23.9 Å². The molecule has 1 N–H and O–H groups in total. The number of Topliss-reactive ketones (excluding diaryl/α,β-unsaturated/α-hetero) is 1. The second kappa shape index (κ2) is 7.83. The molecule has 6 heteroatoms. The third kappa shape index (κ3) is 3.33. The zero-order chi connectivity index (χ0) is 21.3. The molecule has 3 aromatic rings. The number of benzene rings is 3. The summed E-state index contributed by atoms with van der Waals surface area (Å²) in [5.74, 6) is -1.71. The van der Waals surface area contributed by atoms with Crippen LogP contribution in [0.2, 0.25) is 0 Å². The Bertz CT molecular complexity index is 1120. The van der Waals surface area contributed by atoms with E-state index in [0.717, 1.165) is 0 Å². The highest BCUT2D eigenvalue weighted by Crippen LogP contribution is 2.42. The number of anilines is 1. The molecule has 0 aromatic heterocycles. The van der Waals surface area contributed by atoms with Gasteiger partial charge in [-0.2, -0.15) is 0 Å². The molecule has 0 spiro atoms. The molecule has 150 valence electrons. The van der Waals surface area contributed by atoms with Gasteiger partial charge in [-0.15, -0.1) is 0 Å². The summed E-state index contributed by atoms with van der Waals surface area (Å²) in [6.07, 6.45) is 0. The second-order valence-corrected chi connectivity index (χ2v) is 6.78. The van der Waals surface area contributed by atoms with Crippen molar-refractivity contribution in [2.24, 2.45) is 0 Å². The topological polar surface area (TPSA) is 66.8 Å². The van der Waals surface area contributed by atoms with Crippen LogP contribution >= 0.6 is 0 Å². The molecule has 1 fully saturated rings. The first kappa shape index (κ1) is 19.4. The Morgan fingerprint density at radius 1 is 0.933 bits per heavy atom. The Hall–Kier alpha value is -3.93. The summed E-state index contributed by atoms with van der Waals surface area (Å²) in [5.41, 5.74) is 1.36. The quantitative estimate of drug-likeness (QED) is 0.397. The van der Waals surface area contributed by atoms with Crippen molar-refractivity contribution in [1.82, 2.24) is 0 Å². The maximum Gasteiger partial charge on any atom is 0.300 e. The van der Waals surface area contributed by atoms with Crippen molar-refractivity contribution in [2.45, 2.75) is 6.04 Å². The second-order valence-electron chi connectivity index (χ2n) is 6.78. The van der Waals surface area contributed by atoms with E-state index in [1.165, 1.54) is 36.3 Å². The minimum absolute atomic E-state index is 0.0271. The molecule has 1 aliphatic heterocycles. The van der Waals surface area contributed by atoms with Crippen molar-refractivity contribution in [3.63, 3.8) is 0 Å². The van der Waals surface area contributed by atoms with E-state index in [-0.39, 0.29) is 11.3 Å². The number of methoxy groups -OCH3 is 1. The normalized spacial score (nSPS) is 17.9. The number of rotatable bonds is 4. The molecular weight excluding hydrogens is 385 g/mol. The zero-order valence-corrected chi connectivity index (χ0v) is 16.1. The minimum atomic E-state index is -0.874. The van der Waals surface area contributed by atoms with Crippen LogP contribution in [0, 0.1) is 5.82 Å². The highest BCUT2D eigenvalue weighted by Gasteiger charge is 2.46. The predicted octanol–water partition coefficient (Wildman–Crippen LogP) is 4.46. The molecular formula is C24H18FNO4. The van der Waals surface area contributed by atoms with Crippen LogP contribution in [0.4, 0.5) is 10.1 Å². The first-order valence-electron chi connectivity index (χ1n) is 9.27. The average Bonchev–Trinajstić information content (AvgIpc) is 3.05. The Morgan fingerprint density at radius 3 is 2.17 bits per heavy atom. The number of amides is 1. The molecule has 30 heavy (non-hydrogen) atoms. The molecule has 1 aliphatic rings. The van der Waals surface area contributed by atoms with Gasteiger partial charge in [0.05, 0.1) is 18.7 Å².